The number of hydrogen-bond acceptors (Lipinski definition) is 6. The highest BCUT2D eigenvalue weighted by Crippen LogP contribution is 2.25. The smallest absolute Gasteiger partial charge is 0.344 e. The Kier molecular flexibility index (Phi) is 4.88. The van der Waals surface area contributed by atoms with Crippen LogP contribution in [-0.2, 0) is 24.3 Å². The molecule has 0 spiro atoms. The number of aromatic nitrogens is 1. The summed E-state index contributed by atoms with van der Waals surface area (Å²) in [6.45, 7) is 1.22. The van der Waals surface area contributed by atoms with E-state index in [1.165, 1.54) is 0 Å². The third-order valence-corrected chi connectivity index (χ3v) is 5.39. The van der Waals surface area contributed by atoms with Crippen molar-refractivity contribution in [2.24, 2.45) is 0 Å². The van der Waals surface area contributed by atoms with Gasteiger partial charge in [0.05, 0.1) is 12.1 Å². The molecule has 7 nitrogen and oxygen atoms in total. The Balaban J connectivity index is 1.43. The van der Waals surface area contributed by atoms with Gasteiger partial charge in [0.15, 0.2) is 0 Å². The Labute approximate surface area is 177 Å². The molecule has 0 saturated heterocycles. The van der Waals surface area contributed by atoms with E-state index in [0.29, 0.717) is 54.3 Å². The van der Waals surface area contributed by atoms with Gasteiger partial charge < -0.3 is 18.5 Å². The predicted molar refractivity (Wildman–Crippen MR) is 114 cm³/mol. The zero-order valence-electron chi connectivity index (χ0n) is 17.0. The highest BCUT2D eigenvalue weighted by molar-refractivity contribution is 5.95. The standard InChI is InChI=1S/C24H20N2O5/c1-29-14-22-25-19-13-26(10-9-21(19)30-22)23(27)17-7-4-6-15(11-17)18-12-16-5-2-3-8-20(16)31-24(18)28/h2-8,11-12H,9-10,13-14H2,1H3. The minimum Gasteiger partial charge on any atom is -0.443 e. The topological polar surface area (TPSA) is 85.8 Å². The molecule has 0 bridgehead atoms. The fourth-order valence-electron chi connectivity index (χ4n) is 3.88. The minimum atomic E-state index is -0.431. The number of carbonyl (C=O) groups excluding carboxylic acids is 1. The highest BCUT2D eigenvalue weighted by atomic mass is 16.5. The number of oxazole rings is 1. The lowest BCUT2D eigenvalue weighted by Gasteiger charge is -2.25. The van der Waals surface area contributed by atoms with Crippen molar-refractivity contribution in [2.45, 2.75) is 19.6 Å². The monoisotopic (exact) mass is 416 g/mol. The molecular formula is C24H20N2O5. The third kappa shape index (κ3) is 3.64. The maximum Gasteiger partial charge on any atom is 0.344 e. The molecule has 2 aromatic carbocycles. The summed E-state index contributed by atoms with van der Waals surface area (Å²) in [5.74, 6) is 1.21. The summed E-state index contributed by atoms with van der Waals surface area (Å²) in [6, 6.07) is 16.2. The summed E-state index contributed by atoms with van der Waals surface area (Å²) in [7, 11) is 1.59. The number of para-hydroxylation sites is 1. The number of nitrogens with zero attached hydrogens (tertiary/aromatic N) is 2. The zero-order valence-corrected chi connectivity index (χ0v) is 17.0. The highest BCUT2D eigenvalue weighted by Gasteiger charge is 2.26. The van der Waals surface area contributed by atoms with E-state index < -0.39 is 5.63 Å². The SMILES string of the molecule is COCc1nc2c(o1)CCN(C(=O)c1cccc(-c3cc4ccccc4oc3=O)c1)C2. The molecule has 0 unspecified atom stereocenters. The van der Waals surface area contributed by atoms with Gasteiger partial charge in [0.1, 0.15) is 23.6 Å². The van der Waals surface area contributed by atoms with Gasteiger partial charge in [0.25, 0.3) is 5.91 Å². The summed E-state index contributed by atoms with van der Waals surface area (Å²) in [5.41, 5.74) is 2.45. The quantitative estimate of drug-likeness (QED) is 0.471. The van der Waals surface area contributed by atoms with Crippen LogP contribution in [0.5, 0.6) is 0 Å². The number of rotatable bonds is 4. The average molecular weight is 416 g/mol. The summed E-state index contributed by atoms with van der Waals surface area (Å²) >= 11 is 0. The number of hydrogen-bond donors (Lipinski definition) is 0. The molecule has 1 aliphatic rings. The molecule has 31 heavy (non-hydrogen) atoms. The molecular weight excluding hydrogens is 396 g/mol. The van der Waals surface area contributed by atoms with E-state index in [2.05, 4.69) is 4.98 Å². The van der Waals surface area contributed by atoms with E-state index in [-0.39, 0.29) is 5.91 Å². The zero-order chi connectivity index (χ0) is 21.4. The molecule has 4 aromatic rings. The number of methoxy groups -OCH3 is 1. The first kappa shape index (κ1) is 19.3. The van der Waals surface area contributed by atoms with Crippen LogP contribution in [-0.4, -0.2) is 29.4 Å². The molecule has 5 rings (SSSR count). The Morgan fingerprint density at radius 2 is 2.00 bits per heavy atom. The number of amides is 1. The number of fused-ring (bicyclic) bond motifs is 2. The Morgan fingerprint density at radius 3 is 2.87 bits per heavy atom. The molecule has 3 heterocycles. The van der Waals surface area contributed by atoms with Gasteiger partial charge in [-0.15, -0.1) is 0 Å². The molecule has 7 heteroatoms. The van der Waals surface area contributed by atoms with Crippen LogP contribution in [0, 0.1) is 0 Å². The number of ether oxygens (including phenoxy) is 1. The van der Waals surface area contributed by atoms with Gasteiger partial charge in [-0.2, -0.15) is 0 Å². The van der Waals surface area contributed by atoms with E-state index in [9.17, 15) is 9.59 Å². The van der Waals surface area contributed by atoms with Crippen LogP contribution in [0.15, 0.2) is 68.2 Å². The lowest BCUT2D eigenvalue weighted by atomic mass is 10.0. The first-order valence-electron chi connectivity index (χ1n) is 10.0. The molecule has 2 aromatic heterocycles. The lowest BCUT2D eigenvalue weighted by Crippen LogP contribution is -2.35. The Morgan fingerprint density at radius 1 is 1.13 bits per heavy atom. The first-order valence-corrected chi connectivity index (χ1v) is 10.0. The van der Waals surface area contributed by atoms with Crippen LogP contribution in [0.1, 0.15) is 27.7 Å². The van der Waals surface area contributed by atoms with Crippen molar-refractivity contribution in [3.05, 3.63) is 87.9 Å². The van der Waals surface area contributed by atoms with Crippen molar-refractivity contribution >= 4 is 16.9 Å². The van der Waals surface area contributed by atoms with Crippen molar-refractivity contribution in [3.63, 3.8) is 0 Å². The average Bonchev–Trinajstić information content (AvgIpc) is 3.20. The third-order valence-electron chi connectivity index (χ3n) is 5.39. The van der Waals surface area contributed by atoms with E-state index >= 15 is 0 Å². The van der Waals surface area contributed by atoms with Crippen LogP contribution in [0.3, 0.4) is 0 Å². The second-order valence-electron chi connectivity index (χ2n) is 7.45. The van der Waals surface area contributed by atoms with Crippen LogP contribution < -0.4 is 5.63 Å². The van der Waals surface area contributed by atoms with Gasteiger partial charge in [-0.3, -0.25) is 4.79 Å². The summed E-state index contributed by atoms with van der Waals surface area (Å²) in [4.78, 5) is 31.9. The fraction of sp³-hybridized carbons (Fsp3) is 0.208. The molecule has 0 radical (unpaired) electrons. The van der Waals surface area contributed by atoms with E-state index in [4.69, 9.17) is 13.6 Å². The normalized spacial score (nSPS) is 13.4. The lowest BCUT2D eigenvalue weighted by molar-refractivity contribution is 0.0727. The molecule has 1 amide bonds. The van der Waals surface area contributed by atoms with E-state index in [0.717, 1.165) is 16.8 Å². The predicted octanol–water partition coefficient (Wildman–Crippen LogP) is 3.79. The van der Waals surface area contributed by atoms with Crippen molar-refractivity contribution in [1.82, 2.24) is 9.88 Å². The van der Waals surface area contributed by atoms with Crippen molar-refractivity contribution < 1.29 is 18.4 Å². The number of carbonyl (C=O) groups is 1. The van der Waals surface area contributed by atoms with Crippen LogP contribution >= 0.6 is 0 Å². The fourth-order valence-corrected chi connectivity index (χ4v) is 3.88. The van der Waals surface area contributed by atoms with Gasteiger partial charge in [0.2, 0.25) is 5.89 Å². The number of benzene rings is 2. The van der Waals surface area contributed by atoms with Gasteiger partial charge in [-0.1, -0.05) is 30.3 Å². The minimum absolute atomic E-state index is 0.117. The van der Waals surface area contributed by atoms with Crippen LogP contribution in [0.4, 0.5) is 0 Å². The molecule has 1 aliphatic heterocycles. The largest absolute Gasteiger partial charge is 0.443 e. The van der Waals surface area contributed by atoms with E-state index in [1.54, 1.807) is 48.4 Å². The maximum absolute atomic E-state index is 13.2. The van der Waals surface area contributed by atoms with Crippen molar-refractivity contribution in [3.8, 4) is 11.1 Å². The molecule has 0 N–H and O–H groups in total. The van der Waals surface area contributed by atoms with Gasteiger partial charge >= 0.3 is 5.63 Å². The Bertz CT molecular complexity index is 1340. The molecule has 0 aliphatic carbocycles. The van der Waals surface area contributed by atoms with Crippen LogP contribution in [0.25, 0.3) is 22.1 Å². The van der Waals surface area contributed by atoms with Crippen molar-refractivity contribution in [1.29, 1.82) is 0 Å². The molecule has 0 fully saturated rings. The maximum atomic E-state index is 13.2. The molecule has 0 atom stereocenters. The van der Waals surface area contributed by atoms with Gasteiger partial charge in [-0.05, 0) is 29.8 Å². The Hall–Kier alpha value is -3.71. The van der Waals surface area contributed by atoms with Gasteiger partial charge in [0, 0.05) is 31.0 Å². The molecule has 0 saturated carbocycles. The summed E-state index contributed by atoms with van der Waals surface area (Å²) in [6.07, 6.45) is 0.603. The first-order chi connectivity index (χ1) is 15.1. The summed E-state index contributed by atoms with van der Waals surface area (Å²) < 4.78 is 16.2. The van der Waals surface area contributed by atoms with Crippen molar-refractivity contribution in [2.75, 3.05) is 13.7 Å². The van der Waals surface area contributed by atoms with E-state index in [1.807, 2.05) is 18.2 Å². The second kappa shape index (κ2) is 7.85. The van der Waals surface area contributed by atoms with Gasteiger partial charge in [-0.25, -0.2) is 9.78 Å². The summed E-state index contributed by atoms with van der Waals surface area (Å²) in [5, 5.41) is 0.829. The second-order valence-corrected chi connectivity index (χ2v) is 7.45. The van der Waals surface area contributed by atoms with Crippen LogP contribution in [0.2, 0.25) is 0 Å². The molecule has 156 valence electrons.